The van der Waals surface area contributed by atoms with Crippen LogP contribution in [0.1, 0.15) is 16.5 Å². The van der Waals surface area contributed by atoms with Crippen molar-refractivity contribution in [3.05, 3.63) is 54.8 Å². The van der Waals surface area contributed by atoms with Gasteiger partial charge in [-0.2, -0.15) is 0 Å². The third-order valence-electron chi connectivity index (χ3n) is 2.12. The minimum absolute atomic E-state index is 0.324. The van der Waals surface area contributed by atoms with Gasteiger partial charge in [0.15, 0.2) is 0 Å². The van der Waals surface area contributed by atoms with Crippen molar-refractivity contribution in [2.45, 2.75) is 6.10 Å². The third-order valence-corrected chi connectivity index (χ3v) is 4.48. The molecule has 0 amide bonds. The molecule has 0 aliphatic rings. The normalized spacial score (nSPS) is 12.8. The van der Waals surface area contributed by atoms with Crippen molar-refractivity contribution in [2.75, 3.05) is 0 Å². The van der Waals surface area contributed by atoms with Crippen molar-refractivity contribution in [2.24, 2.45) is 0 Å². The van der Waals surface area contributed by atoms with E-state index in [0.29, 0.717) is 10.0 Å². The quantitative estimate of drug-likeness (QED) is 0.831. The van der Waals surface area contributed by atoms with Crippen molar-refractivity contribution in [3.8, 4) is 0 Å². The van der Waals surface area contributed by atoms with Gasteiger partial charge in [0.2, 0.25) is 0 Å². The van der Waals surface area contributed by atoms with E-state index < -0.39 is 6.10 Å². The summed E-state index contributed by atoms with van der Waals surface area (Å²) in [5.41, 5.74) is 0.663. The Balaban J connectivity index is 2.37. The molecular formula is C11H7Br2FOS. The van der Waals surface area contributed by atoms with E-state index in [1.807, 2.05) is 12.1 Å². The summed E-state index contributed by atoms with van der Waals surface area (Å²) >= 11 is 8.04. The van der Waals surface area contributed by atoms with Gasteiger partial charge in [-0.05, 0) is 40.2 Å². The van der Waals surface area contributed by atoms with Gasteiger partial charge in [0.25, 0.3) is 0 Å². The molecule has 0 aliphatic carbocycles. The van der Waals surface area contributed by atoms with E-state index in [4.69, 9.17) is 0 Å². The molecule has 1 unspecified atom stereocenters. The first-order valence-electron chi connectivity index (χ1n) is 4.46. The summed E-state index contributed by atoms with van der Waals surface area (Å²) in [4.78, 5) is 0.819. The number of hydrogen-bond donors (Lipinski definition) is 1. The van der Waals surface area contributed by atoms with Crippen LogP contribution in [0.4, 0.5) is 4.39 Å². The summed E-state index contributed by atoms with van der Waals surface area (Å²) in [7, 11) is 0. The summed E-state index contributed by atoms with van der Waals surface area (Å²) in [5, 5.41) is 10.1. The smallest absolute Gasteiger partial charge is 0.124 e. The minimum atomic E-state index is -0.730. The molecule has 84 valence electrons. The number of thiophene rings is 1. The largest absolute Gasteiger partial charge is 0.383 e. The molecule has 1 nitrogen and oxygen atoms in total. The molecule has 0 bridgehead atoms. The monoisotopic (exact) mass is 364 g/mol. The Hall–Kier alpha value is -0.230. The van der Waals surface area contributed by atoms with Gasteiger partial charge >= 0.3 is 0 Å². The highest BCUT2D eigenvalue weighted by Gasteiger charge is 2.15. The minimum Gasteiger partial charge on any atom is -0.383 e. The first-order valence-corrected chi connectivity index (χ1v) is 6.86. The molecule has 2 rings (SSSR count). The molecule has 1 N–H and O–H groups in total. The van der Waals surface area contributed by atoms with Crippen LogP contribution in [0, 0.1) is 5.82 Å². The highest BCUT2D eigenvalue weighted by atomic mass is 79.9. The Morgan fingerprint density at radius 3 is 2.50 bits per heavy atom. The summed E-state index contributed by atoms with van der Waals surface area (Å²) in [6, 6.07) is 7.99. The van der Waals surface area contributed by atoms with E-state index in [2.05, 4.69) is 31.9 Å². The molecule has 1 atom stereocenters. The lowest BCUT2D eigenvalue weighted by Crippen LogP contribution is -1.98. The molecule has 0 spiro atoms. The van der Waals surface area contributed by atoms with E-state index in [1.165, 1.54) is 23.5 Å². The topological polar surface area (TPSA) is 20.2 Å². The van der Waals surface area contributed by atoms with E-state index in [1.54, 1.807) is 6.07 Å². The van der Waals surface area contributed by atoms with Gasteiger partial charge in [-0.25, -0.2) is 4.39 Å². The van der Waals surface area contributed by atoms with Crippen molar-refractivity contribution in [1.82, 2.24) is 0 Å². The highest BCUT2D eigenvalue weighted by Crippen LogP contribution is 2.34. The average Bonchev–Trinajstić information content (AvgIpc) is 2.64. The standard InChI is InChI=1S/C11H7Br2FOS/c12-8-5-6(14)1-2-7(8)11(15)9-3-4-10(13)16-9/h1-5,11,15H. The van der Waals surface area contributed by atoms with Gasteiger partial charge in [0, 0.05) is 14.9 Å². The van der Waals surface area contributed by atoms with Gasteiger partial charge in [-0.15, -0.1) is 11.3 Å². The van der Waals surface area contributed by atoms with Crippen LogP contribution >= 0.6 is 43.2 Å². The maximum absolute atomic E-state index is 12.9. The molecule has 2 aromatic rings. The average molecular weight is 366 g/mol. The fraction of sp³-hybridized carbons (Fsp3) is 0.0909. The van der Waals surface area contributed by atoms with E-state index in [9.17, 15) is 9.50 Å². The maximum Gasteiger partial charge on any atom is 0.124 e. The van der Waals surface area contributed by atoms with Crippen LogP contribution < -0.4 is 0 Å². The summed E-state index contributed by atoms with van der Waals surface area (Å²) < 4.78 is 14.4. The van der Waals surface area contributed by atoms with Crippen molar-refractivity contribution in [3.63, 3.8) is 0 Å². The van der Waals surface area contributed by atoms with Crippen LogP contribution in [0.2, 0.25) is 0 Å². The molecule has 0 radical (unpaired) electrons. The number of rotatable bonds is 2. The lowest BCUT2D eigenvalue weighted by Gasteiger charge is -2.10. The van der Waals surface area contributed by atoms with E-state index in [0.717, 1.165) is 8.66 Å². The third kappa shape index (κ3) is 2.53. The molecule has 5 heteroatoms. The summed E-state index contributed by atoms with van der Waals surface area (Å²) in [6.07, 6.45) is -0.730. The SMILES string of the molecule is OC(c1ccc(Br)s1)c1ccc(F)cc1Br. The van der Waals surface area contributed by atoms with E-state index >= 15 is 0 Å². The first kappa shape index (κ1) is 12.2. The van der Waals surface area contributed by atoms with Crippen LogP contribution in [0.15, 0.2) is 38.6 Å². The molecule has 0 saturated carbocycles. The fourth-order valence-corrected chi connectivity index (χ4v) is 3.35. The second kappa shape index (κ2) is 4.96. The Morgan fingerprint density at radius 2 is 1.94 bits per heavy atom. The fourth-order valence-electron chi connectivity index (χ4n) is 1.35. The van der Waals surface area contributed by atoms with Gasteiger partial charge < -0.3 is 5.11 Å². The summed E-state index contributed by atoms with van der Waals surface area (Å²) in [6.45, 7) is 0. The van der Waals surface area contributed by atoms with Gasteiger partial charge in [-0.1, -0.05) is 22.0 Å². The number of benzene rings is 1. The van der Waals surface area contributed by atoms with Crippen LogP contribution in [-0.2, 0) is 0 Å². The molecule has 1 heterocycles. The van der Waals surface area contributed by atoms with Crippen molar-refractivity contribution in [1.29, 1.82) is 0 Å². The van der Waals surface area contributed by atoms with Gasteiger partial charge in [0.05, 0.1) is 3.79 Å². The molecular weight excluding hydrogens is 359 g/mol. The number of halogens is 3. The Kier molecular flexibility index (Phi) is 3.79. The molecule has 0 saturated heterocycles. The van der Waals surface area contributed by atoms with Crippen LogP contribution in [0.25, 0.3) is 0 Å². The summed E-state index contributed by atoms with van der Waals surface area (Å²) in [5.74, 6) is -0.324. The molecule has 1 aromatic carbocycles. The first-order chi connectivity index (χ1) is 7.58. The number of aliphatic hydroxyl groups excluding tert-OH is 1. The zero-order valence-electron chi connectivity index (χ0n) is 7.95. The lowest BCUT2D eigenvalue weighted by molar-refractivity contribution is 0.223. The Morgan fingerprint density at radius 1 is 1.19 bits per heavy atom. The van der Waals surface area contributed by atoms with Crippen LogP contribution in [-0.4, -0.2) is 5.11 Å². The second-order valence-electron chi connectivity index (χ2n) is 3.21. The predicted octanol–water partition coefficient (Wildman–Crippen LogP) is 4.49. The molecule has 0 aliphatic heterocycles. The van der Waals surface area contributed by atoms with Crippen molar-refractivity contribution < 1.29 is 9.50 Å². The van der Waals surface area contributed by atoms with Gasteiger partial charge in [0.1, 0.15) is 11.9 Å². The molecule has 1 aromatic heterocycles. The molecule has 16 heavy (non-hydrogen) atoms. The predicted molar refractivity (Wildman–Crippen MR) is 70.2 cm³/mol. The Labute approximate surface area is 113 Å². The number of hydrogen-bond acceptors (Lipinski definition) is 2. The highest BCUT2D eigenvalue weighted by molar-refractivity contribution is 9.11. The second-order valence-corrected chi connectivity index (χ2v) is 6.56. The van der Waals surface area contributed by atoms with Crippen LogP contribution in [0.3, 0.4) is 0 Å². The van der Waals surface area contributed by atoms with Gasteiger partial charge in [-0.3, -0.25) is 0 Å². The molecule has 0 fully saturated rings. The van der Waals surface area contributed by atoms with Crippen LogP contribution in [0.5, 0.6) is 0 Å². The Bertz CT molecular complexity index is 512. The zero-order valence-corrected chi connectivity index (χ0v) is 11.9. The lowest BCUT2D eigenvalue weighted by atomic mass is 10.1. The zero-order chi connectivity index (χ0) is 11.7. The van der Waals surface area contributed by atoms with Crippen molar-refractivity contribution >= 4 is 43.2 Å². The maximum atomic E-state index is 12.9. The van der Waals surface area contributed by atoms with E-state index in [-0.39, 0.29) is 5.82 Å². The number of aliphatic hydroxyl groups is 1.